The Hall–Kier alpha value is -4.26. The third-order valence-electron chi connectivity index (χ3n) is 6.72. The normalized spacial score (nSPS) is 11.9. The molecule has 4 aromatic rings. The van der Waals surface area contributed by atoms with E-state index in [1.807, 2.05) is 82.3 Å². The number of aromatic nitrogens is 2. The van der Waals surface area contributed by atoms with Crippen molar-refractivity contribution in [2.45, 2.75) is 40.7 Å². The summed E-state index contributed by atoms with van der Waals surface area (Å²) in [5, 5.41) is 2.99. The molecular weight excluding hydrogens is 454 g/mol. The average Bonchev–Trinajstić information content (AvgIpc) is 3.11. The van der Waals surface area contributed by atoms with E-state index in [-0.39, 0.29) is 18.0 Å². The Bertz CT molecular complexity index is 1560. The highest BCUT2D eigenvalue weighted by molar-refractivity contribution is 5.91. The number of hydrogen-bond donors (Lipinski definition) is 1. The van der Waals surface area contributed by atoms with Gasteiger partial charge < -0.3 is 14.8 Å². The lowest BCUT2D eigenvalue weighted by molar-refractivity contribution is -0.117. The Kier molecular flexibility index (Phi) is 5.92. The lowest BCUT2D eigenvalue weighted by Gasteiger charge is -2.21. The Labute approximate surface area is 209 Å². The number of aryl methyl sites for hydroxylation is 4. The van der Waals surface area contributed by atoms with Gasteiger partial charge in [-0.3, -0.25) is 9.59 Å². The van der Waals surface area contributed by atoms with Crippen molar-refractivity contribution in [2.24, 2.45) is 0 Å². The molecule has 0 spiro atoms. The van der Waals surface area contributed by atoms with Crippen LogP contribution in [0.1, 0.15) is 33.4 Å². The van der Waals surface area contributed by atoms with Gasteiger partial charge in [-0.05, 0) is 68.7 Å². The number of nitrogens with zero attached hydrogens (tertiary/aromatic N) is 2. The minimum atomic E-state index is -0.258. The minimum Gasteiger partial charge on any atom is -0.493 e. The highest BCUT2D eigenvalue weighted by atomic mass is 16.5. The van der Waals surface area contributed by atoms with Gasteiger partial charge in [0.2, 0.25) is 11.8 Å². The Balaban J connectivity index is 1.61. The number of carbonyl (C=O) groups excluding carboxylic acids is 1. The number of amides is 1. The topological polar surface area (TPSA) is 74.5 Å². The van der Waals surface area contributed by atoms with Crippen molar-refractivity contribution in [1.82, 2.24) is 9.36 Å². The quantitative estimate of drug-likeness (QED) is 0.372. The number of carbonyl (C=O) groups is 1. The van der Waals surface area contributed by atoms with Crippen molar-refractivity contribution in [3.05, 3.63) is 98.3 Å². The molecular formula is C29H29N3O4. The number of nitrogens with one attached hydrogen (secondary N) is 1. The predicted octanol–water partition coefficient (Wildman–Crippen LogP) is 5.22. The second kappa shape index (κ2) is 9.07. The first-order chi connectivity index (χ1) is 17.3. The minimum absolute atomic E-state index is 0.102. The van der Waals surface area contributed by atoms with Crippen LogP contribution in [0.3, 0.4) is 0 Å². The Morgan fingerprint density at radius 1 is 1.00 bits per heavy atom. The number of rotatable bonds is 5. The molecule has 0 unspecified atom stereocenters. The van der Waals surface area contributed by atoms with Crippen LogP contribution in [0.25, 0.3) is 5.69 Å². The van der Waals surface area contributed by atoms with Gasteiger partial charge in [0.25, 0.3) is 5.56 Å². The number of methoxy groups -OCH3 is 1. The molecule has 0 fully saturated rings. The number of benzene rings is 3. The van der Waals surface area contributed by atoms with Gasteiger partial charge in [0, 0.05) is 17.7 Å². The lowest BCUT2D eigenvalue weighted by atomic mass is 10.0. The number of para-hydroxylation sites is 1. The number of hydrogen-bond acceptors (Lipinski definition) is 4. The van der Waals surface area contributed by atoms with Crippen LogP contribution in [0.5, 0.6) is 17.4 Å². The zero-order valence-electron chi connectivity index (χ0n) is 21.1. The molecule has 7 heteroatoms. The molecule has 5 rings (SSSR count). The maximum absolute atomic E-state index is 13.7. The Morgan fingerprint density at radius 3 is 2.53 bits per heavy atom. The molecule has 7 nitrogen and oxygen atoms in total. The van der Waals surface area contributed by atoms with E-state index in [0.717, 1.165) is 33.5 Å². The van der Waals surface area contributed by atoms with E-state index in [4.69, 9.17) is 9.47 Å². The second-order valence-corrected chi connectivity index (χ2v) is 9.32. The molecule has 3 aromatic carbocycles. The van der Waals surface area contributed by atoms with Crippen LogP contribution in [0.4, 0.5) is 5.69 Å². The van der Waals surface area contributed by atoms with Crippen LogP contribution in [0, 0.1) is 27.7 Å². The SMILES string of the molecule is COc1cccc2c1Oc1c(c(=O)n(-c3ccc(C)c(C)c3)n1CC(=O)Nc1ccc(C)cc1C)C2. The Morgan fingerprint density at radius 2 is 1.81 bits per heavy atom. The third kappa shape index (κ3) is 4.06. The van der Waals surface area contributed by atoms with Crippen LogP contribution in [-0.2, 0) is 17.8 Å². The van der Waals surface area contributed by atoms with Gasteiger partial charge >= 0.3 is 0 Å². The molecule has 0 aliphatic carbocycles. The molecule has 0 saturated heterocycles. The summed E-state index contributed by atoms with van der Waals surface area (Å²) in [7, 11) is 1.58. The van der Waals surface area contributed by atoms with Gasteiger partial charge in [-0.15, -0.1) is 0 Å². The molecule has 1 aliphatic rings. The van der Waals surface area contributed by atoms with Gasteiger partial charge in [-0.1, -0.05) is 35.9 Å². The third-order valence-corrected chi connectivity index (χ3v) is 6.72. The lowest BCUT2D eigenvalue weighted by Crippen LogP contribution is -2.27. The smallest absolute Gasteiger partial charge is 0.278 e. The zero-order valence-corrected chi connectivity index (χ0v) is 21.1. The first-order valence-corrected chi connectivity index (χ1v) is 11.9. The fourth-order valence-electron chi connectivity index (χ4n) is 4.64. The second-order valence-electron chi connectivity index (χ2n) is 9.32. The van der Waals surface area contributed by atoms with E-state index in [9.17, 15) is 9.59 Å². The van der Waals surface area contributed by atoms with E-state index in [2.05, 4.69) is 5.32 Å². The molecule has 0 saturated carbocycles. The number of ether oxygens (including phenoxy) is 2. The molecule has 0 bridgehead atoms. The van der Waals surface area contributed by atoms with Gasteiger partial charge in [-0.2, -0.15) is 0 Å². The maximum Gasteiger partial charge on any atom is 0.278 e. The summed E-state index contributed by atoms with van der Waals surface area (Å²) in [5.74, 6) is 1.24. The van der Waals surface area contributed by atoms with Gasteiger partial charge in [0.15, 0.2) is 11.5 Å². The monoisotopic (exact) mass is 483 g/mol. The van der Waals surface area contributed by atoms with E-state index < -0.39 is 0 Å². The molecule has 1 amide bonds. The van der Waals surface area contributed by atoms with Crippen molar-refractivity contribution < 1.29 is 14.3 Å². The molecule has 1 aromatic heterocycles. The summed E-state index contributed by atoms with van der Waals surface area (Å²) >= 11 is 0. The first kappa shape index (κ1) is 23.5. The summed E-state index contributed by atoms with van der Waals surface area (Å²) in [6.07, 6.45) is 0.386. The average molecular weight is 484 g/mol. The summed E-state index contributed by atoms with van der Waals surface area (Å²) < 4.78 is 15.0. The van der Waals surface area contributed by atoms with Gasteiger partial charge in [-0.25, -0.2) is 9.36 Å². The van der Waals surface area contributed by atoms with Crippen LogP contribution in [0.15, 0.2) is 59.4 Å². The highest BCUT2D eigenvalue weighted by Crippen LogP contribution is 2.41. The molecule has 1 N–H and O–H groups in total. The van der Waals surface area contributed by atoms with Crippen molar-refractivity contribution in [2.75, 3.05) is 12.4 Å². The fraction of sp³-hybridized carbons (Fsp3) is 0.241. The number of anilines is 1. The van der Waals surface area contributed by atoms with Gasteiger partial charge in [0.1, 0.15) is 6.54 Å². The van der Waals surface area contributed by atoms with E-state index in [1.54, 1.807) is 11.8 Å². The first-order valence-electron chi connectivity index (χ1n) is 11.9. The number of fused-ring (bicyclic) bond motifs is 2. The molecule has 0 radical (unpaired) electrons. The molecule has 36 heavy (non-hydrogen) atoms. The van der Waals surface area contributed by atoms with E-state index in [0.29, 0.717) is 35.1 Å². The van der Waals surface area contributed by atoms with Crippen molar-refractivity contribution in [3.8, 4) is 23.1 Å². The largest absolute Gasteiger partial charge is 0.493 e. The summed E-state index contributed by atoms with van der Waals surface area (Å²) in [6.45, 7) is 7.89. The van der Waals surface area contributed by atoms with E-state index >= 15 is 0 Å². The summed E-state index contributed by atoms with van der Waals surface area (Å²) in [5.41, 5.74) is 6.84. The van der Waals surface area contributed by atoms with Crippen molar-refractivity contribution in [3.63, 3.8) is 0 Å². The van der Waals surface area contributed by atoms with Crippen molar-refractivity contribution in [1.29, 1.82) is 0 Å². The van der Waals surface area contributed by atoms with Crippen LogP contribution in [-0.4, -0.2) is 22.4 Å². The molecule has 1 aliphatic heterocycles. The summed E-state index contributed by atoms with van der Waals surface area (Å²) in [6, 6.07) is 17.3. The fourth-order valence-corrected chi connectivity index (χ4v) is 4.64. The zero-order chi connectivity index (χ0) is 25.6. The van der Waals surface area contributed by atoms with Crippen molar-refractivity contribution >= 4 is 11.6 Å². The molecule has 0 atom stereocenters. The molecule has 2 heterocycles. The standard InChI is InChI=1S/C29H29N3O4/c1-17-9-12-24(20(4)13-17)30-26(33)16-31-29-23(15-21-7-6-8-25(35-5)27(21)36-29)28(34)32(31)22-11-10-18(2)19(3)14-22/h6-14H,15-16H2,1-5H3,(H,30,33). The molecule has 184 valence electrons. The predicted molar refractivity (Wildman–Crippen MR) is 140 cm³/mol. The maximum atomic E-state index is 13.7. The van der Waals surface area contributed by atoms with Crippen LogP contribution in [0.2, 0.25) is 0 Å². The van der Waals surface area contributed by atoms with Crippen LogP contribution < -0.4 is 20.3 Å². The van der Waals surface area contributed by atoms with E-state index in [1.165, 1.54) is 4.68 Å². The highest BCUT2D eigenvalue weighted by Gasteiger charge is 2.31. The summed E-state index contributed by atoms with van der Waals surface area (Å²) in [4.78, 5) is 27.0. The van der Waals surface area contributed by atoms with Crippen LogP contribution >= 0.6 is 0 Å². The van der Waals surface area contributed by atoms with Gasteiger partial charge in [0.05, 0.1) is 18.4 Å².